The molecule has 8 nitrogen and oxygen atoms in total. The molecule has 0 bridgehead atoms. The summed E-state index contributed by atoms with van der Waals surface area (Å²) >= 11 is 0. The molecule has 3 aromatic carbocycles. The van der Waals surface area contributed by atoms with Crippen LogP contribution >= 0.6 is 0 Å². The number of aryl methyl sites for hydroxylation is 1. The molecule has 0 aliphatic rings. The van der Waals surface area contributed by atoms with Gasteiger partial charge in [0.05, 0.1) is 4.90 Å². The fourth-order valence-corrected chi connectivity index (χ4v) is 4.87. The highest BCUT2D eigenvalue weighted by Gasteiger charge is 2.17. The summed E-state index contributed by atoms with van der Waals surface area (Å²) in [5.74, 6) is 2.13. The number of nitrogens with one attached hydrogen (secondary N) is 2. The van der Waals surface area contributed by atoms with Crippen LogP contribution in [0.15, 0.2) is 96.4 Å². The van der Waals surface area contributed by atoms with E-state index in [1.807, 2.05) is 48.0 Å². The summed E-state index contributed by atoms with van der Waals surface area (Å²) in [6, 6.07) is 21.4. The third-order valence-corrected chi connectivity index (χ3v) is 6.61. The second kappa shape index (κ2) is 8.36. The third kappa shape index (κ3) is 4.26. The smallest absolute Gasteiger partial charge is 0.262 e. The lowest BCUT2D eigenvalue weighted by molar-refractivity contribution is 0.602. The van der Waals surface area contributed by atoms with Gasteiger partial charge in [0.1, 0.15) is 23.8 Å². The van der Waals surface area contributed by atoms with Crippen LogP contribution < -0.4 is 10.0 Å². The molecule has 0 radical (unpaired) electrons. The summed E-state index contributed by atoms with van der Waals surface area (Å²) in [4.78, 5) is 13.0. The molecule has 2 heterocycles. The summed E-state index contributed by atoms with van der Waals surface area (Å²) in [7, 11) is -3.75. The molecule has 0 unspecified atom stereocenters. The average molecular weight is 457 g/mol. The maximum absolute atomic E-state index is 13.0. The molecule has 0 aliphatic heterocycles. The maximum Gasteiger partial charge on any atom is 0.262 e. The molecule has 0 saturated heterocycles. The van der Waals surface area contributed by atoms with Crippen LogP contribution in [-0.4, -0.2) is 27.9 Å². The monoisotopic (exact) mass is 456 g/mol. The standard InChI is InChI=1S/C24H20N6O2S/c1-17-25-13-14-30(17)24-15-23(26-16-27-24)28-19-9-11-20(12-10-19)29-33(31,32)22-8-4-6-18-5-2-3-7-21(18)22/h2-16,29H,1H3,(H,26,27,28). The number of hydrogen-bond donors (Lipinski definition) is 2. The van der Waals surface area contributed by atoms with Gasteiger partial charge in [-0.3, -0.25) is 9.29 Å². The van der Waals surface area contributed by atoms with Crippen molar-refractivity contribution in [1.82, 2.24) is 19.5 Å². The summed E-state index contributed by atoms with van der Waals surface area (Å²) in [5.41, 5.74) is 1.22. The van der Waals surface area contributed by atoms with Crippen LogP contribution in [0.25, 0.3) is 16.6 Å². The summed E-state index contributed by atoms with van der Waals surface area (Å²) in [6.45, 7) is 1.90. The number of rotatable bonds is 6. The van der Waals surface area contributed by atoms with Gasteiger partial charge in [-0.2, -0.15) is 0 Å². The number of fused-ring (bicyclic) bond motifs is 1. The molecule has 0 atom stereocenters. The largest absolute Gasteiger partial charge is 0.340 e. The Labute approximate surface area is 191 Å². The van der Waals surface area contributed by atoms with E-state index in [0.717, 1.165) is 16.9 Å². The lowest BCUT2D eigenvalue weighted by atomic mass is 10.1. The number of anilines is 3. The Bertz CT molecular complexity index is 1540. The molecule has 5 aromatic rings. The van der Waals surface area contributed by atoms with Gasteiger partial charge in [0, 0.05) is 35.2 Å². The van der Waals surface area contributed by atoms with Gasteiger partial charge in [0.15, 0.2) is 0 Å². The van der Waals surface area contributed by atoms with E-state index in [9.17, 15) is 8.42 Å². The van der Waals surface area contributed by atoms with Crippen molar-refractivity contribution in [2.24, 2.45) is 0 Å². The van der Waals surface area contributed by atoms with E-state index in [1.54, 1.807) is 48.7 Å². The van der Waals surface area contributed by atoms with Crippen molar-refractivity contribution in [2.75, 3.05) is 10.0 Å². The lowest BCUT2D eigenvalue weighted by Gasteiger charge is -2.12. The summed E-state index contributed by atoms with van der Waals surface area (Å²) in [6.07, 6.45) is 5.02. The predicted molar refractivity (Wildman–Crippen MR) is 128 cm³/mol. The SMILES string of the molecule is Cc1nccn1-c1cc(Nc2ccc(NS(=O)(=O)c3cccc4ccccc34)cc2)ncn1. The highest BCUT2D eigenvalue weighted by atomic mass is 32.2. The van der Waals surface area contributed by atoms with Crippen LogP contribution in [0.5, 0.6) is 0 Å². The Kier molecular flexibility index (Phi) is 5.23. The zero-order chi connectivity index (χ0) is 22.8. The normalized spacial score (nSPS) is 11.4. The van der Waals surface area contributed by atoms with Crippen molar-refractivity contribution in [3.8, 4) is 5.82 Å². The summed E-state index contributed by atoms with van der Waals surface area (Å²) in [5, 5.41) is 4.76. The molecule has 33 heavy (non-hydrogen) atoms. The number of sulfonamides is 1. The topological polar surface area (TPSA) is 102 Å². The number of imidazole rings is 1. The molecule has 9 heteroatoms. The minimum atomic E-state index is -3.75. The molecule has 0 saturated carbocycles. The second-order valence-corrected chi connectivity index (χ2v) is 9.04. The molecule has 0 fully saturated rings. The molecule has 5 rings (SSSR count). The van der Waals surface area contributed by atoms with Gasteiger partial charge >= 0.3 is 0 Å². The molecule has 0 amide bonds. The number of aromatic nitrogens is 4. The number of hydrogen-bond acceptors (Lipinski definition) is 6. The van der Waals surface area contributed by atoms with E-state index >= 15 is 0 Å². The molecule has 0 aliphatic carbocycles. The highest BCUT2D eigenvalue weighted by Crippen LogP contribution is 2.26. The van der Waals surface area contributed by atoms with E-state index in [2.05, 4.69) is 25.0 Å². The second-order valence-electron chi connectivity index (χ2n) is 7.39. The first kappa shape index (κ1) is 20.7. The molecular formula is C24H20N6O2S. The van der Waals surface area contributed by atoms with Crippen LogP contribution in [0.2, 0.25) is 0 Å². The van der Waals surface area contributed by atoms with Gasteiger partial charge in [-0.25, -0.2) is 23.4 Å². The van der Waals surface area contributed by atoms with Crippen molar-refractivity contribution in [3.63, 3.8) is 0 Å². The van der Waals surface area contributed by atoms with Gasteiger partial charge in [-0.05, 0) is 42.6 Å². The van der Waals surface area contributed by atoms with Crippen LogP contribution in [0.4, 0.5) is 17.2 Å². The first-order valence-corrected chi connectivity index (χ1v) is 11.7. The minimum Gasteiger partial charge on any atom is -0.340 e. The summed E-state index contributed by atoms with van der Waals surface area (Å²) < 4.78 is 30.6. The molecule has 164 valence electrons. The van der Waals surface area contributed by atoms with Crippen LogP contribution in [-0.2, 0) is 10.0 Å². The fourth-order valence-electron chi connectivity index (χ4n) is 3.58. The average Bonchev–Trinajstić information content (AvgIpc) is 3.26. The molecular weight excluding hydrogens is 436 g/mol. The van der Waals surface area contributed by atoms with Crippen molar-refractivity contribution < 1.29 is 8.42 Å². The van der Waals surface area contributed by atoms with Gasteiger partial charge in [-0.15, -0.1) is 0 Å². The maximum atomic E-state index is 13.0. The van der Waals surface area contributed by atoms with Gasteiger partial charge < -0.3 is 5.32 Å². The van der Waals surface area contributed by atoms with Gasteiger partial charge in [0.2, 0.25) is 0 Å². The zero-order valence-corrected chi connectivity index (χ0v) is 18.5. The minimum absolute atomic E-state index is 0.242. The van der Waals surface area contributed by atoms with Crippen molar-refractivity contribution in [2.45, 2.75) is 11.8 Å². The first-order chi connectivity index (χ1) is 16.0. The van der Waals surface area contributed by atoms with E-state index in [-0.39, 0.29) is 4.90 Å². The Balaban J connectivity index is 1.35. The van der Waals surface area contributed by atoms with Crippen molar-refractivity contribution in [1.29, 1.82) is 0 Å². The van der Waals surface area contributed by atoms with Crippen molar-refractivity contribution >= 4 is 38.0 Å². The predicted octanol–water partition coefficient (Wildman–Crippen LogP) is 4.67. The third-order valence-electron chi connectivity index (χ3n) is 5.17. The van der Waals surface area contributed by atoms with Gasteiger partial charge in [-0.1, -0.05) is 36.4 Å². The Morgan fingerprint density at radius 2 is 1.61 bits per heavy atom. The van der Waals surface area contributed by atoms with E-state index < -0.39 is 10.0 Å². The van der Waals surface area contributed by atoms with Crippen molar-refractivity contribution in [3.05, 3.63) is 97.3 Å². The number of benzene rings is 3. The van der Waals surface area contributed by atoms with Crippen LogP contribution in [0.1, 0.15) is 5.82 Å². The Morgan fingerprint density at radius 3 is 2.39 bits per heavy atom. The first-order valence-electron chi connectivity index (χ1n) is 10.2. The Morgan fingerprint density at radius 1 is 0.848 bits per heavy atom. The lowest BCUT2D eigenvalue weighted by Crippen LogP contribution is -2.13. The molecule has 2 N–H and O–H groups in total. The molecule has 2 aromatic heterocycles. The zero-order valence-electron chi connectivity index (χ0n) is 17.7. The highest BCUT2D eigenvalue weighted by molar-refractivity contribution is 7.93. The van der Waals surface area contributed by atoms with Crippen LogP contribution in [0, 0.1) is 6.92 Å². The molecule has 0 spiro atoms. The number of nitrogens with zero attached hydrogens (tertiary/aromatic N) is 4. The van der Waals surface area contributed by atoms with Gasteiger partial charge in [0.25, 0.3) is 10.0 Å². The Hall–Kier alpha value is -4.24. The van der Waals surface area contributed by atoms with Crippen LogP contribution in [0.3, 0.4) is 0 Å². The van der Waals surface area contributed by atoms with E-state index in [0.29, 0.717) is 22.7 Å². The van der Waals surface area contributed by atoms with E-state index in [4.69, 9.17) is 0 Å². The van der Waals surface area contributed by atoms with E-state index in [1.165, 1.54) is 6.33 Å². The fraction of sp³-hybridized carbons (Fsp3) is 0.0417. The quantitative estimate of drug-likeness (QED) is 0.385.